The van der Waals surface area contributed by atoms with Gasteiger partial charge in [0.05, 0.1) is 6.42 Å². The summed E-state index contributed by atoms with van der Waals surface area (Å²) in [5.74, 6) is -0.103. The average Bonchev–Trinajstić information content (AvgIpc) is 2.02. The average molecular weight is 197 g/mol. The van der Waals surface area contributed by atoms with Crippen LogP contribution in [0.5, 0.6) is 0 Å². The lowest BCUT2D eigenvalue weighted by Gasteiger charge is -2.08. The third-order valence-electron chi connectivity index (χ3n) is 1.82. The molecule has 3 nitrogen and oxygen atoms in total. The third-order valence-corrected chi connectivity index (χ3v) is 1.82. The molecule has 0 unspecified atom stereocenters. The van der Waals surface area contributed by atoms with Gasteiger partial charge in [-0.1, -0.05) is 11.6 Å². The SMILES string of the molecule is CC(C)=CCCC(=O)CC(=O)N(C)C. The minimum Gasteiger partial charge on any atom is -0.348 e. The molecule has 0 aromatic heterocycles. The highest BCUT2D eigenvalue weighted by Crippen LogP contribution is 2.01. The molecule has 0 aliphatic heterocycles. The molecule has 0 radical (unpaired) electrons. The molecule has 0 saturated heterocycles. The van der Waals surface area contributed by atoms with E-state index in [1.165, 1.54) is 10.5 Å². The predicted octanol–water partition coefficient (Wildman–Crippen LogP) is 1.78. The van der Waals surface area contributed by atoms with Gasteiger partial charge in [-0.05, 0) is 20.3 Å². The summed E-state index contributed by atoms with van der Waals surface area (Å²) in [6.45, 7) is 3.99. The zero-order valence-electron chi connectivity index (χ0n) is 9.46. The third kappa shape index (κ3) is 6.40. The van der Waals surface area contributed by atoms with Crippen LogP contribution >= 0.6 is 0 Å². The van der Waals surface area contributed by atoms with Gasteiger partial charge in [0.2, 0.25) is 5.91 Å². The van der Waals surface area contributed by atoms with Crippen molar-refractivity contribution in [2.75, 3.05) is 14.1 Å². The molecule has 0 N–H and O–H groups in total. The number of hydrogen-bond acceptors (Lipinski definition) is 2. The van der Waals surface area contributed by atoms with Crippen LogP contribution in [0.4, 0.5) is 0 Å². The van der Waals surface area contributed by atoms with Crippen molar-refractivity contribution in [1.82, 2.24) is 4.90 Å². The summed E-state index contributed by atoms with van der Waals surface area (Å²) in [4.78, 5) is 23.8. The van der Waals surface area contributed by atoms with E-state index in [4.69, 9.17) is 0 Å². The van der Waals surface area contributed by atoms with Crippen LogP contribution in [-0.2, 0) is 9.59 Å². The maximum absolute atomic E-state index is 11.3. The maximum atomic E-state index is 11.3. The molecule has 0 rings (SSSR count). The number of carbonyl (C=O) groups excluding carboxylic acids is 2. The van der Waals surface area contributed by atoms with Gasteiger partial charge in [0.25, 0.3) is 0 Å². The molecule has 3 heteroatoms. The van der Waals surface area contributed by atoms with E-state index in [9.17, 15) is 9.59 Å². The molecule has 0 aliphatic rings. The Bertz CT molecular complexity index is 238. The van der Waals surface area contributed by atoms with Crippen LogP contribution in [0, 0.1) is 0 Å². The predicted molar refractivity (Wildman–Crippen MR) is 57.0 cm³/mol. The van der Waals surface area contributed by atoms with E-state index in [1.54, 1.807) is 14.1 Å². The molecule has 0 aliphatic carbocycles. The van der Waals surface area contributed by atoms with Gasteiger partial charge in [0.1, 0.15) is 5.78 Å². The van der Waals surface area contributed by atoms with E-state index < -0.39 is 0 Å². The fourth-order valence-corrected chi connectivity index (χ4v) is 0.937. The zero-order chi connectivity index (χ0) is 11.1. The van der Waals surface area contributed by atoms with Gasteiger partial charge in [-0.2, -0.15) is 0 Å². The van der Waals surface area contributed by atoms with Crippen LogP contribution in [0.25, 0.3) is 0 Å². The zero-order valence-corrected chi connectivity index (χ0v) is 9.46. The van der Waals surface area contributed by atoms with E-state index in [0.717, 1.165) is 6.42 Å². The Hall–Kier alpha value is -1.12. The van der Waals surface area contributed by atoms with E-state index in [2.05, 4.69) is 0 Å². The summed E-state index contributed by atoms with van der Waals surface area (Å²) in [6.07, 6.45) is 3.24. The highest BCUT2D eigenvalue weighted by atomic mass is 16.2. The van der Waals surface area contributed by atoms with E-state index >= 15 is 0 Å². The van der Waals surface area contributed by atoms with E-state index in [-0.39, 0.29) is 18.1 Å². The van der Waals surface area contributed by atoms with Gasteiger partial charge in [-0.3, -0.25) is 9.59 Å². The van der Waals surface area contributed by atoms with Gasteiger partial charge in [-0.15, -0.1) is 0 Å². The Morgan fingerprint density at radius 3 is 2.21 bits per heavy atom. The standard InChI is InChI=1S/C11H19NO2/c1-9(2)6-5-7-10(13)8-11(14)12(3)4/h6H,5,7-8H2,1-4H3. The molecule has 0 fully saturated rings. The Balaban J connectivity index is 3.77. The smallest absolute Gasteiger partial charge is 0.229 e. The van der Waals surface area contributed by atoms with Crippen molar-refractivity contribution < 1.29 is 9.59 Å². The normalized spacial score (nSPS) is 9.43. The van der Waals surface area contributed by atoms with Crippen molar-refractivity contribution in [3.05, 3.63) is 11.6 Å². The second-order valence-electron chi connectivity index (χ2n) is 3.82. The van der Waals surface area contributed by atoms with Crippen molar-refractivity contribution in [2.24, 2.45) is 0 Å². The molecule has 0 spiro atoms. The van der Waals surface area contributed by atoms with Crippen LogP contribution < -0.4 is 0 Å². The van der Waals surface area contributed by atoms with Crippen LogP contribution in [-0.4, -0.2) is 30.7 Å². The first-order valence-corrected chi connectivity index (χ1v) is 4.78. The van der Waals surface area contributed by atoms with Crippen molar-refractivity contribution >= 4 is 11.7 Å². The molecule has 0 aromatic carbocycles. The molecular formula is C11H19NO2. The number of carbonyl (C=O) groups is 2. The van der Waals surface area contributed by atoms with Gasteiger partial charge < -0.3 is 4.90 Å². The summed E-state index contributed by atoms with van der Waals surface area (Å²) in [6, 6.07) is 0. The van der Waals surface area contributed by atoms with Crippen molar-refractivity contribution in [2.45, 2.75) is 33.1 Å². The van der Waals surface area contributed by atoms with Crippen LogP contribution in [0.1, 0.15) is 33.1 Å². The summed E-state index contributed by atoms with van der Waals surface area (Å²) in [5.41, 5.74) is 1.21. The second-order valence-corrected chi connectivity index (χ2v) is 3.82. The lowest BCUT2D eigenvalue weighted by Crippen LogP contribution is -2.24. The molecule has 0 bridgehead atoms. The number of hydrogen-bond donors (Lipinski definition) is 0. The largest absolute Gasteiger partial charge is 0.348 e. The minimum absolute atomic E-state index is 0.0150. The van der Waals surface area contributed by atoms with Crippen molar-refractivity contribution in [3.63, 3.8) is 0 Å². The quantitative estimate of drug-likeness (QED) is 0.497. The Morgan fingerprint density at radius 1 is 1.21 bits per heavy atom. The van der Waals surface area contributed by atoms with Gasteiger partial charge in [-0.25, -0.2) is 0 Å². The van der Waals surface area contributed by atoms with Crippen LogP contribution in [0.2, 0.25) is 0 Å². The van der Waals surface area contributed by atoms with Gasteiger partial charge >= 0.3 is 0 Å². The Labute approximate surface area is 85.8 Å². The van der Waals surface area contributed by atoms with E-state index in [1.807, 2.05) is 19.9 Å². The minimum atomic E-state index is -0.118. The number of allylic oxidation sites excluding steroid dienone is 2. The molecule has 1 amide bonds. The first kappa shape index (κ1) is 12.9. The number of ketones is 1. The summed E-state index contributed by atoms with van der Waals surface area (Å²) < 4.78 is 0. The molecule has 14 heavy (non-hydrogen) atoms. The highest BCUT2D eigenvalue weighted by Gasteiger charge is 2.09. The van der Waals surface area contributed by atoms with Crippen molar-refractivity contribution in [1.29, 1.82) is 0 Å². The van der Waals surface area contributed by atoms with Crippen LogP contribution in [0.15, 0.2) is 11.6 Å². The number of rotatable bonds is 5. The monoisotopic (exact) mass is 197 g/mol. The molecule has 0 saturated carbocycles. The van der Waals surface area contributed by atoms with Gasteiger partial charge in [0.15, 0.2) is 0 Å². The number of nitrogens with zero attached hydrogens (tertiary/aromatic N) is 1. The fourth-order valence-electron chi connectivity index (χ4n) is 0.937. The number of Topliss-reactive ketones (excluding diaryl/α,β-unsaturated/α-hetero) is 1. The first-order valence-electron chi connectivity index (χ1n) is 4.78. The van der Waals surface area contributed by atoms with Gasteiger partial charge in [0, 0.05) is 20.5 Å². The van der Waals surface area contributed by atoms with Crippen LogP contribution in [0.3, 0.4) is 0 Å². The summed E-state index contributed by atoms with van der Waals surface area (Å²) >= 11 is 0. The molecule has 0 atom stereocenters. The lowest BCUT2D eigenvalue weighted by molar-refractivity contribution is -0.133. The van der Waals surface area contributed by atoms with Crippen molar-refractivity contribution in [3.8, 4) is 0 Å². The fraction of sp³-hybridized carbons (Fsp3) is 0.636. The highest BCUT2D eigenvalue weighted by molar-refractivity contribution is 5.97. The topological polar surface area (TPSA) is 37.4 Å². The second kappa shape index (κ2) is 6.35. The molecule has 0 aromatic rings. The first-order chi connectivity index (χ1) is 6.43. The van der Waals surface area contributed by atoms with E-state index in [0.29, 0.717) is 6.42 Å². The maximum Gasteiger partial charge on any atom is 0.229 e. The Kier molecular flexibility index (Phi) is 5.84. The summed E-state index contributed by atoms with van der Waals surface area (Å²) in [5, 5.41) is 0. The lowest BCUT2D eigenvalue weighted by atomic mass is 10.1. The molecular weight excluding hydrogens is 178 g/mol. The number of amides is 1. The molecule has 0 heterocycles. The Morgan fingerprint density at radius 2 is 1.79 bits per heavy atom. The summed E-state index contributed by atoms with van der Waals surface area (Å²) in [7, 11) is 3.32. The molecule has 80 valence electrons.